The second-order valence-electron chi connectivity index (χ2n) is 4.10. The maximum absolute atomic E-state index is 11.8. The summed E-state index contributed by atoms with van der Waals surface area (Å²) in [6.45, 7) is 7.67. The normalized spacial score (nSPS) is 10.5. The molecule has 6 heteroatoms. The van der Waals surface area contributed by atoms with Crippen molar-refractivity contribution >= 4 is 17.7 Å². The van der Waals surface area contributed by atoms with Gasteiger partial charge in [0, 0.05) is 11.9 Å². The number of ether oxygens (including phenoxy) is 2. The summed E-state index contributed by atoms with van der Waals surface area (Å²) >= 11 is 0. The third kappa shape index (κ3) is 5.70. The highest BCUT2D eigenvalue weighted by molar-refractivity contribution is 5.95. The Balaban J connectivity index is 2.73. The number of rotatable bonds is 7. The van der Waals surface area contributed by atoms with Gasteiger partial charge in [0.2, 0.25) is 0 Å². The zero-order valence-corrected chi connectivity index (χ0v) is 12.7. The minimum absolute atomic E-state index is 0.0620. The Bertz CT molecular complexity index is 533. The lowest BCUT2D eigenvalue weighted by molar-refractivity contribution is -0.138. The van der Waals surface area contributed by atoms with E-state index < -0.39 is 12.0 Å². The van der Waals surface area contributed by atoms with Crippen molar-refractivity contribution < 1.29 is 19.1 Å². The van der Waals surface area contributed by atoms with E-state index in [-0.39, 0.29) is 17.9 Å². The molecule has 2 N–H and O–H groups in total. The number of benzene rings is 1. The Labute approximate surface area is 129 Å². The van der Waals surface area contributed by atoms with Crippen LogP contribution in [0.25, 0.3) is 0 Å². The third-order valence-corrected chi connectivity index (χ3v) is 2.49. The quantitative estimate of drug-likeness (QED) is 0.351. The Morgan fingerprint density at radius 2 is 1.77 bits per heavy atom. The summed E-state index contributed by atoms with van der Waals surface area (Å²) in [5.74, 6) is -0.470. The molecule has 0 aliphatic rings. The Morgan fingerprint density at radius 3 is 2.36 bits per heavy atom. The molecule has 1 aromatic carbocycles. The van der Waals surface area contributed by atoms with Crippen LogP contribution in [-0.2, 0) is 14.3 Å². The second-order valence-corrected chi connectivity index (χ2v) is 4.10. The summed E-state index contributed by atoms with van der Waals surface area (Å²) in [4.78, 5) is 23.6. The van der Waals surface area contributed by atoms with Crippen LogP contribution < -0.4 is 10.6 Å². The molecular weight excluding hydrogens is 284 g/mol. The van der Waals surface area contributed by atoms with Crippen LogP contribution in [0.15, 0.2) is 54.4 Å². The number of carbonyl (C=O) groups is 2. The zero-order chi connectivity index (χ0) is 16.4. The summed E-state index contributed by atoms with van der Waals surface area (Å²) in [6.07, 6.45) is 1.22. The van der Waals surface area contributed by atoms with Crippen LogP contribution in [0.5, 0.6) is 0 Å². The van der Waals surface area contributed by atoms with Crippen LogP contribution in [0.4, 0.5) is 10.5 Å². The molecule has 0 fully saturated rings. The molecule has 0 saturated heterocycles. The van der Waals surface area contributed by atoms with Gasteiger partial charge in [-0.25, -0.2) is 9.59 Å². The molecule has 0 saturated carbocycles. The molecule has 0 atom stereocenters. The summed E-state index contributed by atoms with van der Waals surface area (Å²) in [5, 5.41) is 5.08. The fraction of sp³-hybridized carbons (Fsp3) is 0.250. The first kappa shape index (κ1) is 17.3. The van der Waals surface area contributed by atoms with Gasteiger partial charge in [0.15, 0.2) is 0 Å². The fourth-order valence-electron chi connectivity index (χ4n) is 1.54. The molecule has 1 aromatic rings. The lowest BCUT2D eigenvalue weighted by Crippen LogP contribution is -2.26. The number of amides is 2. The van der Waals surface area contributed by atoms with Crippen molar-refractivity contribution in [2.75, 3.05) is 18.5 Å². The van der Waals surface area contributed by atoms with Crippen molar-refractivity contribution in [3.05, 3.63) is 54.4 Å². The fourth-order valence-corrected chi connectivity index (χ4v) is 1.54. The second kappa shape index (κ2) is 9.23. The molecule has 0 unspecified atom stereocenters. The van der Waals surface area contributed by atoms with Gasteiger partial charge in [-0.1, -0.05) is 24.8 Å². The van der Waals surface area contributed by atoms with Crippen molar-refractivity contribution in [1.29, 1.82) is 0 Å². The van der Waals surface area contributed by atoms with Crippen LogP contribution in [0, 0.1) is 0 Å². The molecule has 2 amide bonds. The summed E-state index contributed by atoms with van der Waals surface area (Å²) in [5.41, 5.74) is 0.696. The summed E-state index contributed by atoms with van der Waals surface area (Å²) in [6, 6.07) is 8.44. The van der Waals surface area contributed by atoms with E-state index in [1.807, 2.05) is 6.07 Å². The molecule has 6 nitrogen and oxygen atoms in total. The molecule has 0 spiro atoms. The highest BCUT2D eigenvalue weighted by Crippen LogP contribution is 2.11. The summed E-state index contributed by atoms with van der Waals surface area (Å²) in [7, 11) is 0. The standard InChI is InChI=1S/C16H20N2O4/c1-4-21-12(3)14(15(19)22-5-2)11-17-16(20)18-13-9-7-6-8-10-13/h6-11H,3-5H2,1-2H3,(H2,17,18,20)/b14-11+. The number of hydrogen-bond acceptors (Lipinski definition) is 4. The number of urea groups is 1. The van der Waals surface area contributed by atoms with Crippen LogP contribution in [0.2, 0.25) is 0 Å². The molecule has 0 bridgehead atoms. The maximum Gasteiger partial charge on any atom is 0.343 e. The van der Waals surface area contributed by atoms with Gasteiger partial charge in [0.1, 0.15) is 11.3 Å². The highest BCUT2D eigenvalue weighted by atomic mass is 16.5. The Hall–Kier alpha value is -2.76. The average Bonchev–Trinajstić information content (AvgIpc) is 2.49. The Kier molecular flexibility index (Phi) is 7.25. The first-order valence-electron chi connectivity index (χ1n) is 6.90. The van der Waals surface area contributed by atoms with Crippen LogP contribution in [0.1, 0.15) is 13.8 Å². The predicted octanol–water partition coefficient (Wildman–Crippen LogP) is 2.81. The molecular formula is C16H20N2O4. The van der Waals surface area contributed by atoms with Gasteiger partial charge in [-0.3, -0.25) is 0 Å². The van der Waals surface area contributed by atoms with Gasteiger partial charge < -0.3 is 20.1 Å². The lowest BCUT2D eigenvalue weighted by Gasteiger charge is -2.11. The first-order valence-corrected chi connectivity index (χ1v) is 6.90. The number of anilines is 1. The number of carbonyl (C=O) groups excluding carboxylic acids is 2. The molecule has 118 valence electrons. The number of nitrogens with one attached hydrogen (secondary N) is 2. The van der Waals surface area contributed by atoms with Gasteiger partial charge >= 0.3 is 12.0 Å². The van der Waals surface area contributed by atoms with E-state index in [1.54, 1.807) is 38.1 Å². The zero-order valence-electron chi connectivity index (χ0n) is 12.7. The first-order chi connectivity index (χ1) is 10.6. The van der Waals surface area contributed by atoms with Gasteiger partial charge in [0.05, 0.1) is 13.2 Å². The SMILES string of the molecule is C=C(OCC)/C(=C\NC(=O)Nc1ccccc1)C(=O)OCC. The van der Waals surface area contributed by atoms with E-state index in [4.69, 9.17) is 9.47 Å². The number of hydrogen-bond donors (Lipinski definition) is 2. The molecule has 0 aliphatic heterocycles. The summed E-state index contributed by atoms with van der Waals surface area (Å²) < 4.78 is 10.1. The van der Waals surface area contributed by atoms with E-state index in [0.717, 1.165) is 0 Å². The van der Waals surface area contributed by atoms with Crippen LogP contribution in [-0.4, -0.2) is 25.2 Å². The highest BCUT2D eigenvalue weighted by Gasteiger charge is 2.16. The van der Waals surface area contributed by atoms with E-state index in [1.165, 1.54) is 6.20 Å². The van der Waals surface area contributed by atoms with E-state index >= 15 is 0 Å². The smallest absolute Gasteiger partial charge is 0.343 e. The molecule has 22 heavy (non-hydrogen) atoms. The van der Waals surface area contributed by atoms with Crippen molar-refractivity contribution in [3.63, 3.8) is 0 Å². The van der Waals surface area contributed by atoms with Gasteiger partial charge in [-0.15, -0.1) is 0 Å². The maximum atomic E-state index is 11.8. The topological polar surface area (TPSA) is 76.7 Å². The van der Waals surface area contributed by atoms with E-state index in [2.05, 4.69) is 17.2 Å². The van der Waals surface area contributed by atoms with E-state index in [0.29, 0.717) is 12.3 Å². The van der Waals surface area contributed by atoms with Crippen LogP contribution in [0.3, 0.4) is 0 Å². The largest absolute Gasteiger partial charge is 0.494 e. The Morgan fingerprint density at radius 1 is 1.14 bits per heavy atom. The van der Waals surface area contributed by atoms with Crippen molar-refractivity contribution in [1.82, 2.24) is 5.32 Å². The van der Waals surface area contributed by atoms with Crippen LogP contribution >= 0.6 is 0 Å². The molecule has 0 aromatic heterocycles. The average molecular weight is 304 g/mol. The predicted molar refractivity (Wildman–Crippen MR) is 84.1 cm³/mol. The van der Waals surface area contributed by atoms with Crippen molar-refractivity contribution in [2.45, 2.75) is 13.8 Å². The molecule has 0 heterocycles. The lowest BCUT2D eigenvalue weighted by atomic mass is 10.2. The minimum atomic E-state index is -0.610. The molecule has 0 aliphatic carbocycles. The van der Waals surface area contributed by atoms with Crippen molar-refractivity contribution in [2.24, 2.45) is 0 Å². The number of para-hydroxylation sites is 1. The van der Waals surface area contributed by atoms with E-state index in [9.17, 15) is 9.59 Å². The van der Waals surface area contributed by atoms with Gasteiger partial charge in [-0.05, 0) is 26.0 Å². The molecule has 1 rings (SSSR count). The van der Waals surface area contributed by atoms with Gasteiger partial charge in [0.25, 0.3) is 0 Å². The minimum Gasteiger partial charge on any atom is -0.494 e. The molecule has 0 radical (unpaired) electrons. The monoisotopic (exact) mass is 304 g/mol. The van der Waals surface area contributed by atoms with Crippen molar-refractivity contribution in [3.8, 4) is 0 Å². The third-order valence-electron chi connectivity index (χ3n) is 2.49. The number of esters is 1. The van der Waals surface area contributed by atoms with Gasteiger partial charge in [-0.2, -0.15) is 0 Å².